The van der Waals surface area contributed by atoms with Gasteiger partial charge in [0.05, 0.1) is 5.56 Å². The van der Waals surface area contributed by atoms with Crippen LogP contribution in [0.25, 0.3) is 0 Å². The molecule has 3 N–H and O–H groups in total. The summed E-state index contributed by atoms with van der Waals surface area (Å²) in [7, 11) is 1.98. The zero-order valence-electron chi connectivity index (χ0n) is 9.61. The molecule has 1 aliphatic rings. The summed E-state index contributed by atoms with van der Waals surface area (Å²) in [5.41, 5.74) is 5.27. The van der Waals surface area contributed by atoms with Crippen LogP contribution in [-0.2, 0) is 0 Å². The number of nitrogens with two attached hydrogens (primary N) is 1. The molecule has 0 aliphatic carbocycles. The summed E-state index contributed by atoms with van der Waals surface area (Å²) in [4.78, 5) is 17.5. The summed E-state index contributed by atoms with van der Waals surface area (Å²) < 4.78 is 13.5. The topological polar surface area (TPSA) is 71.2 Å². The first-order valence-electron chi connectivity index (χ1n) is 5.47. The number of halogens is 1. The van der Waals surface area contributed by atoms with Gasteiger partial charge in [-0.2, -0.15) is 0 Å². The van der Waals surface area contributed by atoms with E-state index >= 15 is 0 Å². The standard InChI is InChI=1S/C11H15FN4O/c1-16-5-3-7(6-16)15-11(17)8-2-4-14-10(13)9(8)12/h2,4,7H,3,5-6H2,1H3,(H2,13,14)(H,15,17). The molecule has 1 amide bonds. The zero-order chi connectivity index (χ0) is 12.4. The van der Waals surface area contributed by atoms with Crippen molar-refractivity contribution in [2.24, 2.45) is 0 Å². The van der Waals surface area contributed by atoms with E-state index in [1.165, 1.54) is 12.3 Å². The first kappa shape index (κ1) is 11.8. The van der Waals surface area contributed by atoms with Crippen molar-refractivity contribution in [1.82, 2.24) is 15.2 Å². The number of amides is 1. The van der Waals surface area contributed by atoms with E-state index in [4.69, 9.17) is 5.73 Å². The van der Waals surface area contributed by atoms with Gasteiger partial charge in [0.25, 0.3) is 5.91 Å². The highest BCUT2D eigenvalue weighted by atomic mass is 19.1. The van der Waals surface area contributed by atoms with Crippen LogP contribution >= 0.6 is 0 Å². The molecule has 2 rings (SSSR count). The smallest absolute Gasteiger partial charge is 0.254 e. The molecule has 17 heavy (non-hydrogen) atoms. The maximum absolute atomic E-state index is 13.5. The Kier molecular flexibility index (Phi) is 3.23. The number of nitrogen functional groups attached to an aromatic ring is 1. The highest BCUT2D eigenvalue weighted by Crippen LogP contribution is 2.13. The Bertz CT molecular complexity index is 437. The van der Waals surface area contributed by atoms with Gasteiger partial charge in [0.1, 0.15) is 0 Å². The lowest BCUT2D eigenvalue weighted by Crippen LogP contribution is -2.37. The molecule has 6 heteroatoms. The second-order valence-electron chi connectivity index (χ2n) is 4.28. The number of carbonyl (C=O) groups excluding carboxylic acids is 1. The van der Waals surface area contributed by atoms with Crippen molar-refractivity contribution >= 4 is 11.7 Å². The van der Waals surface area contributed by atoms with Crippen LogP contribution in [0.4, 0.5) is 10.2 Å². The highest BCUT2D eigenvalue weighted by Gasteiger charge is 2.23. The molecule has 1 aromatic rings. The molecule has 2 heterocycles. The Balaban J connectivity index is 2.07. The molecule has 1 fully saturated rings. The van der Waals surface area contributed by atoms with E-state index < -0.39 is 11.7 Å². The lowest BCUT2D eigenvalue weighted by molar-refractivity contribution is 0.0934. The number of nitrogens with one attached hydrogen (secondary N) is 1. The second kappa shape index (κ2) is 4.67. The van der Waals surface area contributed by atoms with Gasteiger partial charge in [-0.3, -0.25) is 4.79 Å². The molecule has 0 spiro atoms. The summed E-state index contributed by atoms with van der Waals surface area (Å²) in [6, 6.07) is 1.40. The third-order valence-corrected chi connectivity index (χ3v) is 2.89. The van der Waals surface area contributed by atoms with E-state index in [-0.39, 0.29) is 17.4 Å². The number of hydrogen-bond donors (Lipinski definition) is 2. The summed E-state index contributed by atoms with van der Waals surface area (Å²) in [5, 5.41) is 2.79. The molecular formula is C11H15FN4O. The average molecular weight is 238 g/mol. The summed E-state index contributed by atoms with van der Waals surface area (Å²) >= 11 is 0. The van der Waals surface area contributed by atoms with Crippen molar-refractivity contribution in [3.05, 3.63) is 23.6 Å². The van der Waals surface area contributed by atoms with Gasteiger partial charge < -0.3 is 16.0 Å². The molecule has 0 bridgehead atoms. The van der Waals surface area contributed by atoms with Gasteiger partial charge in [-0.1, -0.05) is 0 Å². The Morgan fingerprint density at radius 1 is 1.71 bits per heavy atom. The van der Waals surface area contributed by atoms with Crippen LogP contribution < -0.4 is 11.1 Å². The SMILES string of the molecule is CN1CCC(NC(=O)c2ccnc(N)c2F)C1. The van der Waals surface area contributed by atoms with Gasteiger partial charge in [0, 0.05) is 18.8 Å². The minimum atomic E-state index is -0.753. The Labute approximate surface area is 98.8 Å². The summed E-state index contributed by atoms with van der Waals surface area (Å²) in [6.45, 7) is 1.72. The van der Waals surface area contributed by atoms with Crippen LogP contribution in [0.15, 0.2) is 12.3 Å². The minimum Gasteiger partial charge on any atom is -0.381 e. The molecule has 0 radical (unpaired) electrons. The van der Waals surface area contributed by atoms with E-state index in [9.17, 15) is 9.18 Å². The van der Waals surface area contributed by atoms with Gasteiger partial charge in [0.15, 0.2) is 11.6 Å². The van der Waals surface area contributed by atoms with Crippen LogP contribution in [-0.4, -0.2) is 42.0 Å². The fraction of sp³-hybridized carbons (Fsp3) is 0.455. The molecule has 0 saturated carbocycles. The normalized spacial score (nSPS) is 20.5. The Morgan fingerprint density at radius 2 is 2.47 bits per heavy atom. The number of likely N-dealkylation sites (tertiary alicyclic amines) is 1. The number of likely N-dealkylation sites (N-methyl/N-ethyl adjacent to an activating group) is 1. The van der Waals surface area contributed by atoms with Gasteiger partial charge in [-0.15, -0.1) is 0 Å². The first-order chi connectivity index (χ1) is 8.08. The van der Waals surface area contributed by atoms with E-state index in [0.717, 1.165) is 19.5 Å². The number of carbonyl (C=O) groups is 1. The van der Waals surface area contributed by atoms with Crippen molar-refractivity contribution in [2.45, 2.75) is 12.5 Å². The number of aromatic nitrogens is 1. The molecule has 1 atom stereocenters. The molecule has 5 nitrogen and oxygen atoms in total. The average Bonchev–Trinajstić information content (AvgIpc) is 2.68. The largest absolute Gasteiger partial charge is 0.381 e. The predicted molar refractivity (Wildman–Crippen MR) is 62.0 cm³/mol. The third kappa shape index (κ3) is 2.52. The molecule has 1 saturated heterocycles. The second-order valence-corrected chi connectivity index (χ2v) is 4.28. The summed E-state index contributed by atoms with van der Waals surface area (Å²) in [5.74, 6) is -1.44. The van der Waals surface area contributed by atoms with Crippen molar-refractivity contribution < 1.29 is 9.18 Å². The van der Waals surface area contributed by atoms with E-state index in [1.807, 2.05) is 7.05 Å². The van der Waals surface area contributed by atoms with E-state index in [1.54, 1.807) is 0 Å². The maximum Gasteiger partial charge on any atom is 0.254 e. The predicted octanol–water partition coefficient (Wildman–Crippen LogP) is 0.237. The van der Waals surface area contributed by atoms with Gasteiger partial charge >= 0.3 is 0 Å². The monoisotopic (exact) mass is 238 g/mol. The number of nitrogens with zero attached hydrogens (tertiary/aromatic N) is 2. The van der Waals surface area contributed by atoms with E-state index in [0.29, 0.717) is 0 Å². The number of rotatable bonds is 2. The Morgan fingerprint density at radius 3 is 3.12 bits per heavy atom. The van der Waals surface area contributed by atoms with Crippen LogP contribution in [0, 0.1) is 5.82 Å². The number of pyridine rings is 1. The van der Waals surface area contributed by atoms with E-state index in [2.05, 4.69) is 15.2 Å². The van der Waals surface area contributed by atoms with Crippen LogP contribution in [0.2, 0.25) is 0 Å². The van der Waals surface area contributed by atoms with Crippen molar-refractivity contribution in [2.75, 3.05) is 25.9 Å². The number of hydrogen-bond acceptors (Lipinski definition) is 4. The lowest BCUT2D eigenvalue weighted by atomic mass is 10.2. The fourth-order valence-electron chi connectivity index (χ4n) is 1.95. The van der Waals surface area contributed by atoms with Crippen LogP contribution in [0.5, 0.6) is 0 Å². The van der Waals surface area contributed by atoms with Gasteiger partial charge in [0.2, 0.25) is 0 Å². The molecule has 0 aromatic carbocycles. The zero-order valence-corrected chi connectivity index (χ0v) is 9.61. The molecule has 1 aromatic heterocycles. The molecule has 1 aliphatic heterocycles. The molecule has 92 valence electrons. The van der Waals surface area contributed by atoms with Crippen molar-refractivity contribution in [1.29, 1.82) is 0 Å². The van der Waals surface area contributed by atoms with Gasteiger partial charge in [-0.05, 0) is 26.1 Å². The maximum atomic E-state index is 13.5. The Hall–Kier alpha value is -1.69. The third-order valence-electron chi connectivity index (χ3n) is 2.89. The van der Waals surface area contributed by atoms with Crippen LogP contribution in [0.1, 0.15) is 16.8 Å². The van der Waals surface area contributed by atoms with Gasteiger partial charge in [-0.25, -0.2) is 9.37 Å². The lowest BCUT2D eigenvalue weighted by Gasteiger charge is -2.13. The highest BCUT2D eigenvalue weighted by molar-refractivity contribution is 5.95. The summed E-state index contributed by atoms with van der Waals surface area (Å²) in [6.07, 6.45) is 2.21. The molecular weight excluding hydrogens is 223 g/mol. The van der Waals surface area contributed by atoms with Crippen LogP contribution in [0.3, 0.4) is 0 Å². The van der Waals surface area contributed by atoms with Crippen molar-refractivity contribution in [3.63, 3.8) is 0 Å². The van der Waals surface area contributed by atoms with Crippen molar-refractivity contribution in [3.8, 4) is 0 Å². The quantitative estimate of drug-likeness (QED) is 0.774. The first-order valence-corrected chi connectivity index (χ1v) is 5.47. The minimum absolute atomic E-state index is 0.0490. The fourth-order valence-corrected chi connectivity index (χ4v) is 1.95. The number of anilines is 1. The molecule has 1 unspecified atom stereocenters.